The molecule has 1 aromatic carbocycles. The summed E-state index contributed by atoms with van der Waals surface area (Å²) in [5, 5.41) is 2.82. The molecule has 0 bridgehead atoms. The van der Waals surface area contributed by atoms with Crippen molar-refractivity contribution in [2.24, 2.45) is 0 Å². The summed E-state index contributed by atoms with van der Waals surface area (Å²) >= 11 is 0. The van der Waals surface area contributed by atoms with E-state index in [9.17, 15) is 4.79 Å². The number of urea groups is 1. The number of likely N-dealkylation sites (N-methyl/N-ethyl adjacent to an activating group) is 1. The van der Waals surface area contributed by atoms with Gasteiger partial charge in [0.25, 0.3) is 0 Å². The van der Waals surface area contributed by atoms with Crippen molar-refractivity contribution < 1.29 is 4.79 Å². The number of carbonyl (C=O) groups is 1. The fraction of sp³-hybridized carbons (Fsp3) is 0.462. The van der Waals surface area contributed by atoms with Gasteiger partial charge < -0.3 is 10.2 Å². The van der Waals surface area contributed by atoms with Gasteiger partial charge in [-0.15, -0.1) is 0 Å². The van der Waals surface area contributed by atoms with Crippen LogP contribution in [0.15, 0.2) is 30.3 Å². The van der Waals surface area contributed by atoms with Crippen molar-refractivity contribution in [3.63, 3.8) is 0 Å². The molecule has 0 radical (unpaired) electrons. The standard InChI is InChI=1S/C13H20N2O/c1-3-14-13(16)15(4-2)11-10-12-8-6-5-7-9-12/h5-9H,3-4,10-11H2,1-2H3,(H,14,16). The first-order valence-electron chi connectivity index (χ1n) is 5.84. The molecule has 0 aliphatic rings. The molecule has 1 rings (SSSR count). The Morgan fingerprint density at radius 1 is 1.25 bits per heavy atom. The molecule has 0 aliphatic carbocycles. The van der Waals surface area contributed by atoms with Crippen molar-refractivity contribution in [2.45, 2.75) is 20.3 Å². The predicted molar refractivity (Wildman–Crippen MR) is 66.5 cm³/mol. The van der Waals surface area contributed by atoms with E-state index in [2.05, 4.69) is 17.4 Å². The number of rotatable bonds is 5. The molecule has 0 saturated heterocycles. The topological polar surface area (TPSA) is 32.3 Å². The lowest BCUT2D eigenvalue weighted by molar-refractivity contribution is 0.202. The molecule has 0 heterocycles. The lowest BCUT2D eigenvalue weighted by Crippen LogP contribution is -2.40. The van der Waals surface area contributed by atoms with E-state index in [0.717, 1.165) is 19.5 Å². The molecule has 0 aliphatic heterocycles. The smallest absolute Gasteiger partial charge is 0.317 e. The Labute approximate surface area is 97.5 Å². The SMILES string of the molecule is CCNC(=O)N(CC)CCc1ccccc1. The predicted octanol–water partition coefficient (Wildman–Crippen LogP) is 2.28. The summed E-state index contributed by atoms with van der Waals surface area (Å²) < 4.78 is 0. The summed E-state index contributed by atoms with van der Waals surface area (Å²) in [5.41, 5.74) is 1.27. The van der Waals surface area contributed by atoms with Crippen LogP contribution in [0.2, 0.25) is 0 Å². The monoisotopic (exact) mass is 220 g/mol. The third-order valence-corrected chi connectivity index (χ3v) is 2.51. The molecule has 0 atom stereocenters. The Hall–Kier alpha value is -1.51. The first-order valence-corrected chi connectivity index (χ1v) is 5.84. The maximum atomic E-state index is 11.6. The first kappa shape index (κ1) is 12.6. The zero-order valence-electron chi connectivity index (χ0n) is 10.1. The minimum atomic E-state index is 0.0286. The number of benzene rings is 1. The van der Waals surface area contributed by atoms with Crippen LogP contribution < -0.4 is 5.32 Å². The Balaban J connectivity index is 2.43. The normalized spacial score (nSPS) is 9.88. The van der Waals surface area contributed by atoms with Gasteiger partial charge in [0.2, 0.25) is 0 Å². The molecule has 3 heteroatoms. The summed E-state index contributed by atoms with van der Waals surface area (Å²) in [4.78, 5) is 13.4. The van der Waals surface area contributed by atoms with Crippen LogP contribution in [-0.2, 0) is 6.42 Å². The highest BCUT2D eigenvalue weighted by molar-refractivity contribution is 5.74. The van der Waals surface area contributed by atoms with Crippen LogP contribution in [0.25, 0.3) is 0 Å². The van der Waals surface area contributed by atoms with E-state index in [1.807, 2.05) is 36.9 Å². The third-order valence-electron chi connectivity index (χ3n) is 2.51. The number of nitrogens with one attached hydrogen (secondary N) is 1. The van der Waals surface area contributed by atoms with Crippen LogP contribution in [0.5, 0.6) is 0 Å². The second-order valence-electron chi connectivity index (χ2n) is 3.65. The summed E-state index contributed by atoms with van der Waals surface area (Å²) in [6.07, 6.45) is 0.909. The fourth-order valence-electron chi connectivity index (χ4n) is 1.58. The molecule has 16 heavy (non-hydrogen) atoms. The molecule has 0 aromatic heterocycles. The van der Waals surface area contributed by atoms with Gasteiger partial charge in [-0.25, -0.2) is 4.79 Å². The number of hydrogen-bond acceptors (Lipinski definition) is 1. The summed E-state index contributed by atoms with van der Waals surface area (Å²) in [7, 11) is 0. The zero-order chi connectivity index (χ0) is 11.8. The van der Waals surface area contributed by atoms with Crippen LogP contribution in [0.3, 0.4) is 0 Å². The van der Waals surface area contributed by atoms with Gasteiger partial charge in [-0.2, -0.15) is 0 Å². The molecular formula is C13H20N2O. The quantitative estimate of drug-likeness (QED) is 0.811. The lowest BCUT2D eigenvalue weighted by atomic mass is 10.1. The molecule has 1 N–H and O–H groups in total. The van der Waals surface area contributed by atoms with Crippen molar-refractivity contribution >= 4 is 6.03 Å². The average Bonchev–Trinajstić information content (AvgIpc) is 2.31. The Morgan fingerprint density at radius 3 is 2.50 bits per heavy atom. The first-order chi connectivity index (χ1) is 7.77. The zero-order valence-corrected chi connectivity index (χ0v) is 10.1. The largest absolute Gasteiger partial charge is 0.338 e. The average molecular weight is 220 g/mol. The highest BCUT2D eigenvalue weighted by atomic mass is 16.2. The van der Waals surface area contributed by atoms with Crippen LogP contribution in [0, 0.1) is 0 Å². The summed E-state index contributed by atoms with van der Waals surface area (Å²) in [5.74, 6) is 0. The summed E-state index contributed by atoms with van der Waals surface area (Å²) in [6, 6.07) is 10.3. The van der Waals surface area contributed by atoms with Crippen LogP contribution in [0.4, 0.5) is 4.79 Å². The van der Waals surface area contributed by atoms with Crippen molar-refractivity contribution in [1.29, 1.82) is 0 Å². The van der Waals surface area contributed by atoms with Crippen molar-refractivity contribution in [3.8, 4) is 0 Å². The summed E-state index contributed by atoms with van der Waals surface area (Å²) in [6.45, 7) is 6.13. The van der Waals surface area contributed by atoms with Crippen LogP contribution >= 0.6 is 0 Å². The maximum Gasteiger partial charge on any atom is 0.317 e. The highest BCUT2D eigenvalue weighted by Gasteiger charge is 2.09. The van der Waals surface area contributed by atoms with E-state index in [0.29, 0.717) is 6.54 Å². The van der Waals surface area contributed by atoms with Crippen molar-refractivity contribution in [2.75, 3.05) is 19.6 Å². The highest BCUT2D eigenvalue weighted by Crippen LogP contribution is 2.01. The van der Waals surface area contributed by atoms with Gasteiger partial charge >= 0.3 is 6.03 Å². The third kappa shape index (κ3) is 3.93. The van der Waals surface area contributed by atoms with E-state index in [-0.39, 0.29) is 6.03 Å². The van der Waals surface area contributed by atoms with Crippen LogP contribution in [-0.4, -0.2) is 30.6 Å². The molecule has 3 nitrogen and oxygen atoms in total. The Bertz CT molecular complexity index is 311. The van der Waals surface area contributed by atoms with Gasteiger partial charge in [0.1, 0.15) is 0 Å². The maximum absolute atomic E-state index is 11.6. The number of amides is 2. The second-order valence-corrected chi connectivity index (χ2v) is 3.65. The van der Waals surface area contributed by atoms with Crippen molar-refractivity contribution in [3.05, 3.63) is 35.9 Å². The van der Waals surface area contributed by atoms with E-state index < -0.39 is 0 Å². The van der Waals surface area contributed by atoms with Gasteiger partial charge in [-0.3, -0.25) is 0 Å². The molecule has 0 fully saturated rings. The molecule has 0 unspecified atom stereocenters. The number of carbonyl (C=O) groups excluding carboxylic acids is 1. The van der Waals surface area contributed by atoms with Gasteiger partial charge in [0.15, 0.2) is 0 Å². The molecular weight excluding hydrogens is 200 g/mol. The van der Waals surface area contributed by atoms with E-state index in [1.165, 1.54) is 5.56 Å². The van der Waals surface area contributed by atoms with Crippen LogP contribution in [0.1, 0.15) is 19.4 Å². The molecule has 88 valence electrons. The lowest BCUT2D eigenvalue weighted by Gasteiger charge is -2.20. The van der Waals surface area contributed by atoms with Gasteiger partial charge in [-0.1, -0.05) is 30.3 Å². The second kappa shape index (κ2) is 6.88. The van der Waals surface area contributed by atoms with Gasteiger partial charge in [0, 0.05) is 19.6 Å². The van der Waals surface area contributed by atoms with E-state index in [4.69, 9.17) is 0 Å². The number of hydrogen-bond donors (Lipinski definition) is 1. The minimum absolute atomic E-state index is 0.0286. The van der Waals surface area contributed by atoms with E-state index in [1.54, 1.807) is 0 Å². The van der Waals surface area contributed by atoms with Gasteiger partial charge in [-0.05, 0) is 25.8 Å². The number of nitrogens with zero attached hydrogens (tertiary/aromatic N) is 1. The Morgan fingerprint density at radius 2 is 1.94 bits per heavy atom. The minimum Gasteiger partial charge on any atom is -0.338 e. The molecule has 2 amide bonds. The fourth-order valence-corrected chi connectivity index (χ4v) is 1.58. The molecule has 0 spiro atoms. The van der Waals surface area contributed by atoms with Crippen molar-refractivity contribution in [1.82, 2.24) is 10.2 Å². The molecule has 0 saturated carbocycles. The van der Waals surface area contributed by atoms with Gasteiger partial charge in [0.05, 0.1) is 0 Å². The Kier molecular flexibility index (Phi) is 5.40. The molecule has 1 aromatic rings. The van der Waals surface area contributed by atoms with E-state index >= 15 is 0 Å².